The van der Waals surface area contributed by atoms with Crippen LogP contribution in [-0.2, 0) is 22.7 Å². The summed E-state index contributed by atoms with van der Waals surface area (Å²) in [5, 5.41) is 9.12. The molecule has 106 valence electrons. The van der Waals surface area contributed by atoms with Crippen LogP contribution in [-0.4, -0.2) is 21.9 Å². The van der Waals surface area contributed by atoms with E-state index in [0.717, 1.165) is 12.8 Å². The zero-order valence-electron chi connectivity index (χ0n) is 11.4. The Balaban J connectivity index is 1.67. The average molecular weight is 273 g/mol. The largest absolute Gasteiger partial charge is 0.481 e. The van der Waals surface area contributed by atoms with Gasteiger partial charge in [-0.05, 0) is 30.4 Å². The van der Waals surface area contributed by atoms with E-state index in [0.29, 0.717) is 25.9 Å². The molecule has 0 aromatic heterocycles. The second-order valence-electron chi connectivity index (χ2n) is 5.86. The van der Waals surface area contributed by atoms with Crippen molar-refractivity contribution in [1.82, 2.24) is 4.90 Å². The molecule has 1 N–H and O–H groups in total. The minimum absolute atomic E-state index is 0.112. The van der Waals surface area contributed by atoms with Crippen molar-refractivity contribution in [2.45, 2.75) is 38.8 Å². The molecular formula is C16H19NO3. The Labute approximate surface area is 118 Å². The summed E-state index contributed by atoms with van der Waals surface area (Å²) in [6.45, 7) is 1.34. The van der Waals surface area contributed by atoms with Crippen LogP contribution in [0.1, 0.15) is 36.8 Å². The van der Waals surface area contributed by atoms with Gasteiger partial charge in [-0.25, -0.2) is 0 Å². The summed E-state index contributed by atoms with van der Waals surface area (Å²) >= 11 is 0. The maximum Gasteiger partial charge on any atom is 0.306 e. The van der Waals surface area contributed by atoms with E-state index in [1.165, 1.54) is 11.1 Å². The number of carboxylic acids is 1. The summed E-state index contributed by atoms with van der Waals surface area (Å²) in [7, 11) is 0. The zero-order valence-corrected chi connectivity index (χ0v) is 11.4. The van der Waals surface area contributed by atoms with E-state index < -0.39 is 5.97 Å². The molecule has 1 heterocycles. The number of carbonyl (C=O) groups excluding carboxylic acids is 1. The SMILES string of the molecule is O=C(O)[C@H]1CCC[C@H](C(=O)N2Cc3ccccc3C2)C1. The van der Waals surface area contributed by atoms with Crippen LogP contribution < -0.4 is 0 Å². The quantitative estimate of drug-likeness (QED) is 0.900. The first-order valence-electron chi connectivity index (χ1n) is 7.23. The Kier molecular flexibility index (Phi) is 3.47. The van der Waals surface area contributed by atoms with Gasteiger partial charge < -0.3 is 10.0 Å². The Morgan fingerprint density at radius 2 is 1.65 bits per heavy atom. The third-order valence-corrected chi connectivity index (χ3v) is 4.53. The fraction of sp³-hybridized carbons (Fsp3) is 0.500. The standard InChI is InChI=1S/C16H19NO3/c18-15(11-6-3-7-12(8-11)16(19)20)17-9-13-4-1-2-5-14(13)10-17/h1-2,4-5,11-12H,3,6-10H2,(H,19,20)/t11-,12-/m0/s1. The number of carbonyl (C=O) groups is 2. The number of hydrogen-bond donors (Lipinski definition) is 1. The van der Waals surface area contributed by atoms with Crippen LogP contribution >= 0.6 is 0 Å². The van der Waals surface area contributed by atoms with Crippen LogP contribution in [0.15, 0.2) is 24.3 Å². The molecular weight excluding hydrogens is 254 g/mol. The Hall–Kier alpha value is -1.84. The first-order valence-corrected chi connectivity index (χ1v) is 7.23. The van der Waals surface area contributed by atoms with Crippen molar-refractivity contribution in [3.05, 3.63) is 35.4 Å². The minimum Gasteiger partial charge on any atom is -0.481 e. The van der Waals surface area contributed by atoms with Gasteiger partial charge in [0.05, 0.1) is 5.92 Å². The lowest BCUT2D eigenvalue weighted by Gasteiger charge is -2.29. The molecule has 4 heteroatoms. The maximum absolute atomic E-state index is 12.6. The third-order valence-electron chi connectivity index (χ3n) is 4.53. The van der Waals surface area contributed by atoms with Crippen LogP contribution in [0.5, 0.6) is 0 Å². The number of benzene rings is 1. The fourth-order valence-electron chi connectivity index (χ4n) is 3.39. The highest BCUT2D eigenvalue weighted by atomic mass is 16.4. The second kappa shape index (κ2) is 5.27. The van der Waals surface area contributed by atoms with Gasteiger partial charge in [0.25, 0.3) is 0 Å². The van der Waals surface area contributed by atoms with Crippen LogP contribution in [0.3, 0.4) is 0 Å². The fourth-order valence-corrected chi connectivity index (χ4v) is 3.39. The molecule has 1 aromatic rings. The summed E-state index contributed by atoms with van der Waals surface area (Å²) < 4.78 is 0. The molecule has 1 saturated carbocycles. The number of amides is 1. The minimum atomic E-state index is -0.757. The number of aliphatic carboxylic acids is 1. The lowest BCUT2D eigenvalue weighted by atomic mass is 9.81. The predicted molar refractivity (Wildman–Crippen MR) is 73.8 cm³/mol. The highest BCUT2D eigenvalue weighted by Crippen LogP contribution is 2.33. The van der Waals surface area contributed by atoms with Gasteiger partial charge in [0.1, 0.15) is 0 Å². The molecule has 0 spiro atoms. The summed E-state index contributed by atoms with van der Waals surface area (Å²) in [5.74, 6) is -1.08. The smallest absolute Gasteiger partial charge is 0.306 e. The number of nitrogens with zero attached hydrogens (tertiary/aromatic N) is 1. The zero-order chi connectivity index (χ0) is 14.1. The lowest BCUT2D eigenvalue weighted by molar-refractivity contribution is -0.145. The first-order chi connectivity index (χ1) is 9.65. The van der Waals surface area contributed by atoms with Crippen LogP contribution in [0.4, 0.5) is 0 Å². The number of rotatable bonds is 2. The maximum atomic E-state index is 12.6. The molecule has 20 heavy (non-hydrogen) atoms. The van der Waals surface area contributed by atoms with Crippen molar-refractivity contribution in [1.29, 1.82) is 0 Å². The topological polar surface area (TPSA) is 57.6 Å². The summed E-state index contributed by atoms with van der Waals surface area (Å²) in [4.78, 5) is 25.5. The Morgan fingerprint density at radius 3 is 2.25 bits per heavy atom. The van der Waals surface area contributed by atoms with E-state index >= 15 is 0 Å². The van der Waals surface area contributed by atoms with E-state index in [1.807, 2.05) is 17.0 Å². The van der Waals surface area contributed by atoms with Crippen LogP contribution in [0.25, 0.3) is 0 Å². The van der Waals surface area contributed by atoms with Crippen molar-refractivity contribution in [2.75, 3.05) is 0 Å². The number of hydrogen-bond acceptors (Lipinski definition) is 2. The van der Waals surface area contributed by atoms with E-state index in [4.69, 9.17) is 5.11 Å². The Bertz CT molecular complexity index is 515. The molecule has 1 fully saturated rings. The van der Waals surface area contributed by atoms with Crippen molar-refractivity contribution in [2.24, 2.45) is 11.8 Å². The van der Waals surface area contributed by atoms with E-state index in [9.17, 15) is 9.59 Å². The molecule has 2 aliphatic rings. The normalized spacial score (nSPS) is 25.3. The molecule has 1 aliphatic carbocycles. The van der Waals surface area contributed by atoms with Crippen molar-refractivity contribution < 1.29 is 14.7 Å². The summed E-state index contributed by atoms with van der Waals surface area (Å²) in [6, 6.07) is 8.11. The van der Waals surface area contributed by atoms with Gasteiger partial charge in [-0.3, -0.25) is 9.59 Å². The van der Waals surface area contributed by atoms with Crippen molar-refractivity contribution in [3.8, 4) is 0 Å². The molecule has 4 nitrogen and oxygen atoms in total. The number of carboxylic acid groups (broad SMARTS) is 1. The second-order valence-corrected chi connectivity index (χ2v) is 5.86. The Morgan fingerprint density at radius 1 is 1.05 bits per heavy atom. The van der Waals surface area contributed by atoms with Gasteiger partial charge in [0.15, 0.2) is 0 Å². The highest BCUT2D eigenvalue weighted by molar-refractivity contribution is 5.81. The van der Waals surface area contributed by atoms with Gasteiger partial charge in [0, 0.05) is 19.0 Å². The molecule has 1 aromatic carbocycles. The predicted octanol–water partition coefficient (Wildman–Crippen LogP) is 2.42. The van der Waals surface area contributed by atoms with Gasteiger partial charge in [-0.1, -0.05) is 30.7 Å². The van der Waals surface area contributed by atoms with Crippen LogP contribution in [0.2, 0.25) is 0 Å². The van der Waals surface area contributed by atoms with Gasteiger partial charge in [-0.2, -0.15) is 0 Å². The van der Waals surface area contributed by atoms with E-state index in [-0.39, 0.29) is 17.7 Å². The molecule has 0 unspecified atom stereocenters. The summed E-state index contributed by atoms with van der Waals surface area (Å²) in [6.07, 6.45) is 2.88. The summed E-state index contributed by atoms with van der Waals surface area (Å²) in [5.41, 5.74) is 2.43. The molecule has 0 bridgehead atoms. The lowest BCUT2D eigenvalue weighted by Crippen LogP contribution is -2.36. The van der Waals surface area contributed by atoms with Crippen molar-refractivity contribution in [3.63, 3.8) is 0 Å². The highest BCUT2D eigenvalue weighted by Gasteiger charge is 2.34. The van der Waals surface area contributed by atoms with Crippen LogP contribution in [0, 0.1) is 11.8 Å². The molecule has 0 radical (unpaired) electrons. The van der Waals surface area contributed by atoms with E-state index in [2.05, 4.69) is 12.1 Å². The van der Waals surface area contributed by atoms with Crippen molar-refractivity contribution >= 4 is 11.9 Å². The molecule has 1 aliphatic heterocycles. The number of fused-ring (bicyclic) bond motifs is 1. The van der Waals surface area contributed by atoms with Gasteiger partial charge in [0.2, 0.25) is 5.91 Å². The molecule has 1 amide bonds. The molecule has 2 atom stereocenters. The van der Waals surface area contributed by atoms with E-state index in [1.54, 1.807) is 0 Å². The third kappa shape index (κ3) is 2.42. The van der Waals surface area contributed by atoms with Gasteiger partial charge in [-0.15, -0.1) is 0 Å². The monoisotopic (exact) mass is 273 g/mol. The molecule has 0 saturated heterocycles. The average Bonchev–Trinajstić information content (AvgIpc) is 2.90. The first kappa shape index (κ1) is 13.2. The molecule has 3 rings (SSSR count). The van der Waals surface area contributed by atoms with Gasteiger partial charge >= 0.3 is 5.97 Å².